The maximum atomic E-state index is 11.7. The Bertz CT molecular complexity index is 752. The molecule has 0 saturated carbocycles. The van der Waals surface area contributed by atoms with Crippen molar-refractivity contribution in [1.82, 2.24) is 10.3 Å². The van der Waals surface area contributed by atoms with Gasteiger partial charge in [-0.3, -0.25) is 9.59 Å². The van der Waals surface area contributed by atoms with Crippen molar-refractivity contribution in [3.8, 4) is 22.9 Å². The molecule has 23 heavy (non-hydrogen) atoms. The molecule has 1 amide bonds. The summed E-state index contributed by atoms with van der Waals surface area (Å²) in [6, 6.07) is 7.31. The highest BCUT2D eigenvalue weighted by Crippen LogP contribution is 2.26. The van der Waals surface area contributed by atoms with Crippen molar-refractivity contribution in [3.63, 3.8) is 0 Å². The normalized spacial score (nSPS) is 9.91. The van der Waals surface area contributed by atoms with E-state index in [-0.39, 0.29) is 19.6 Å². The van der Waals surface area contributed by atoms with Crippen LogP contribution >= 0.6 is 22.9 Å². The van der Waals surface area contributed by atoms with E-state index in [1.54, 1.807) is 17.5 Å². The van der Waals surface area contributed by atoms with E-state index in [9.17, 15) is 9.59 Å². The number of carbonyl (C=O) groups is 2. The molecule has 1 aromatic carbocycles. The molecule has 1 aromatic heterocycles. The highest BCUT2D eigenvalue weighted by atomic mass is 35.5. The molecule has 0 radical (unpaired) electrons. The molecular formula is C16H13ClN2O3S. The molecule has 1 heterocycles. The summed E-state index contributed by atoms with van der Waals surface area (Å²) in [7, 11) is 0. The lowest BCUT2D eigenvalue weighted by atomic mass is 10.2. The van der Waals surface area contributed by atoms with Crippen molar-refractivity contribution in [2.24, 2.45) is 0 Å². The highest BCUT2D eigenvalue weighted by molar-refractivity contribution is 7.13. The van der Waals surface area contributed by atoms with Crippen LogP contribution in [0, 0.1) is 12.3 Å². The zero-order valence-electron chi connectivity index (χ0n) is 12.0. The molecule has 0 spiro atoms. The second-order valence-corrected chi connectivity index (χ2v) is 5.77. The summed E-state index contributed by atoms with van der Waals surface area (Å²) < 4.78 is 4.86. The first-order valence-corrected chi connectivity index (χ1v) is 7.90. The van der Waals surface area contributed by atoms with Crippen molar-refractivity contribution in [3.05, 3.63) is 40.4 Å². The summed E-state index contributed by atoms with van der Waals surface area (Å²) in [5.74, 6) is 1.30. The first kappa shape index (κ1) is 17.0. The third-order valence-corrected chi connectivity index (χ3v) is 3.88. The lowest BCUT2D eigenvalue weighted by Gasteiger charge is -2.03. The molecular weight excluding hydrogens is 336 g/mol. The molecule has 7 heteroatoms. The Morgan fingerprint density at radius 2 is 2.26 bits per heavy atom. The smallest absolute Gasteiger partial charge is 0.312 e. The fourth-order valence-electron chi connectivity index (χ4n) is 1.69. The summed E-state index contributed by atoms with van der Waals surface area (Å²) in [4.78, 5) is 27.3. The van der Waals surface area contributed by atoms with Crippen molar-refractivity contribution in [2.45, 2.75) is 6.42 Å². The summed E-state index contributed by atoms with van der Waals surface area (Å²) in [6.45, 7) is -0.253. The van der Waals surface area contributed by atoms with Crippen LogP contribution in [0.1, 0.15) is 5.69 Å². The molecule has 0 bridgehead atoms. The Morgan fingerprint density at radius 3 is 3.00 bits per heavy atom. The van der Waals surface area contributed by atoms with Gasteiger partial charge >= 0.3 is 5.97 Å². The molecule has 5 nitrogen and oxygen atoms in total. The number of aromatic nitrogens is 1. The van der Waals surface area contributed by atoms with Crippen LogP contribution in [-0.4, -0.2) is 30.0 Å². The zero-order chi connectivity index (χ0) is 16.7. The molecule has 2 rings (SSSR count). The van der Waals surface area contributed by atoms with Crippen LogP contribution in [0.2, 0.25) is 5.02 Å². The second-order valence-electron chi connectivity index (χ2n) is 4.47. The minimum atomic E-state index is -0.524. The number of hydrogen-bond donors (Lipinski definition) is 1. The lowest BCUT2D eigenvalue weighted by Crippen LogP contribution is -2.29. The van der Waals surface area contributed by atoms with Crippen LogP contribution in [0.3, 0.4) is 0 Å². The third kappa shape index (κ3) is 5.40. The van der Waals surface area contributed by atoms with Gasteiger partial charge in [-0.1, -0.05) is 29.7 Å². The number of ether oxygens (including phenoxy) is 1. The van der Waals surface area contributed by atoms with Gasteiger partial charge < -0.3 is 10.1 Å². The minimum Gasteiger partial charge on any atom is -0.455 e. The zero-order valence-corrected chi connectivity index (χ0v) is 13.6. The molecule has 1 N–H and O–H groups in total. The fraction of sp³-hybridized carbons (Fsp3) is 0.188. The Kier molecular flexibility index (Phi) is 6.15. The third-order valence-electron chi connectivity index (χ3n) is 2.70. The SMILES string of the molecule is C#CCNC(=O)COC(=O)Cc1csc(-c2cccc(Cl)c2)n1. The van der Waals surface area contributed by atoms with Crippen LogP contribution in [0.25, 0.3) is 10.6 Å². The number of terminal acetylenes is 1. The van der Waals surface area contributed by atoms with E-state index in [4.69, 9.17) is 22.8 Å². The summed E-state index contributed by atoms with van der Waals surface area (Å²) in [6.07, 6.45) is 5.01. The quantitative estimate of drug-likeness (QED) is 0.642. The van der Waals surface area contributed by atoms with E-state index in [0.29, 0.717) is 10.7 Å². The average molecular weight is 349 g/mol. The summed E-state index contributed by atoms with van der Waals surface area (Å²) >= 11 is 7.36. The number of halogens is 1. The van der Waals surface area contributed by atoms with Gasteiger partial charge in [-0.25, -0.2) is 4.98 Å². The first-order chi connectivity index (χ1) is 11.1. The standard InChI is InChI=1S/C16H13ClN2O3S/c1-2-6-18-14(20)9-22-15(21)8-13-10-23-16(19-13)11-4-3-5-12(17)7-11/h1,3-5,7,10H,6,8-9H2,(H,18,20). The van der Waals surface area contributed by atoms with E-state index in [1.807, 2.05) is 12.1 Å². The van der Waals surface area contributed by atoms with E-state index in [0.717, 1.165) is 10.6 Å². The lowest BCUT2D eigenvalue weighted by molar-refractivity contribution is -0.147. The van der Waals surface area contributed by atoms with Crippen molar-refractivity contribution in [2.75, 3.05) is 13.2 Å². The van der Waals surface area contributed by atoms with Gasteiger partial charge in [0.2, 0.25) is 0 Å². The number of thiazole rings is 1. The number of carbonyl (C=O) groups excluding carboxylic acids is 2. The summed E-state index contributed by atoms with van der Waals surface area (Å²) in [5.41, 5.74) is 1.47. The number of benzene rings is 1. The van der Waals surface area contributed by atoms with Crippen LogP contribution in [0.15, 0.2) is 29.6 Å². The monoisotopic (exact) mass is 348 g/mol. The highest BCUT2D eigenvalue weighted by Gasteiger charge is 2.12. The van der Waals surface area contributed by atoms with Crippen LogP contribution < -0.4 is 5.32 Å². The van der Waals surface area contributed by atoms with E-state index in [2.05, 4.69) is 16.2 Å². The Hall–Kier alpha value is -2.36. The maximum absolute atomic E-state index is 11.7. The molecule has 2 aromatic rings. The van der Waals surface area contributed by atoms with Gasteiger partial charge in [0, 0.05) is 16.0 Å². The molecule has 118 valence electrons. The van der Waals surface area contributed by atoms with Gasteiger partial charge in [-0.2, -0.15) is 0 Å². The molecule has 0 unspecified atom stereocenters. The van der Waals surface area contributed by atoms with Crippen LogP contribution in [0.5, 0.6) is 0 Å². The van der Waals surface area contributed by atoms with Crippen LogP contribution in [0.4, 0.5) is 0 Å². The van der Waals surface area contributed by atoms with Gasteiger partial charge in [0.15, 0.2) is 6.61 Å². The van der Waals surface area contributed by atoms with E-state index >= 15 is 0 Å². The minimum absolute atomic E-state index is 0.000511. The number of hydrogen-bond acceptors (Lipinski definition) is 5. The number of rotatable bonds is 6. The first-order valence-electron chi connectivity index (χ1n) is 6.64. The average Bonchev–Trinajstić information content (AvgIpc) is 2.99. The van der Waals surface area contributed by atoms with Crippen molar-refractivity contribution < 1.29 is 14.3 Å². The molecule has 0 aliphatic heterocycles. The van der Waals surface area contributed by atoms with Gasteiger partial charge in [-0.15, -0.1) is 17.8 Å². The molecule has 0 atom stereocenters. The Labute approximate surface area is 142 Å². The van der Waals surface area contributed by atoms with E-state index < -0.39 is 11.9 Å². The number of amides is 1. The number of nitrogens with one attached hydrogen (secondary N) is 1. The van der Waals surface area contributed by atoms with Gasteiger partial charge in [0.25, 0.3) is 5.91 Å². The largest absolute Gasteiger partial charge is 0.455 e. The molecule has 0 aliphatic carbocycles. The maximum Gasteiger partial charge on any atom is 0.312 e. The van der Waals surface area contributed by atoms with Crippen molar-refractivity contribution >= 4 is 34.8 Å². The molecule has 0 fully saturated rings. The topological polar surface area (TPSA) is 68.3 Å². The number of nitrogens with zero attached hydrogens (tertiary/aromatic N) is 1. The number of esters is 1. The van der Waals surface area contributed by atoms with E-state index in [1.165, 1.54) is 11.3 Å². The fourth-order valence-corrected chi connectivity index (χ4v) is 2.69. The Morgan fingerprint density at radius 1 is 1.43 bits per heavy atom. The van der Waals surface area contributed by atoms with Crippen molar-refractivity contribution in [1.29, 1.82) is 0 Å². The Balaban J connectivity index is 1.88. The predicted molar refractivity (Wildman–Crippen MR) is 89.1 cm³/mol. The predicted octanol–water partition coefficient (Wildman–Crippen LogP) is 2.30. The molecule has 0 saturated heterocycles. The van der Waals surface area contributed by atoms with Gasteiger partial charge in [0.1, 0.15) is 5.01 Å². The second kappa shape index (κ2) is 8.32. The summed E-state index contributed by atoms with van der Waals surface area (Å²) in [5, 5.41) is 5.57. The van der Waals surface area contributed by atoms with Gasteiger partial charge in [-0.05, 0) is 12.1 Å². The van der Waals surface area contributed by atoms with Gasteiger partial charge in [0.05, 0.1) is 18.7 Å². The molecule has 0 aliphatic rings. The van der Waals surface area contributed by atoms with Crippen LogP contribution in [-0.2, 0) is 20.7 Å².